The first-order valence-electron chi connectivity index (χ1n) is 8.38. The molecule has 0 fully saturated rings. The van der Waals surface area contributed by atoms with Gasteiger partial charge in [-0.05, 0) is 55.0 Å². The summed E-state index contributed by atoms with van der Waals surface area (Å²) in [5.41, 5.74) is 0.477. The number of hydrogen-bond acceptors (Lipinski definition) is 3. The Labute approximate surface area is 163 Å². The average molecular weight is 403 g/mol. The number of hydrogen-bond donors (Lipinski definition) is 2. The summed E-state index contributed by atoms with van der Waals surface area (Å²) in [6.07, 6.45) is 0. The second-order valence-electron chi connectivity index (χ2n) is 6.44. The van der Waals surface area contributed by atoms with Crippen molar-refractivity contribution < 1.29 is 13.2 Å². The number of halogens is 1. The molecule has 3 aromatic carbocycles. The number of carbonyl (C=O) groups excluding carboxylic acids is 1. The number of amides is 1. The summed E-state index contributed by atoms with van der Waals surface area (Å²) < 4.78 is 28.0. The van der Waals surface area contributed by atoms with Crippen LogP contribution in [0.25, 0.3) is 10.8 Å². The fraction of sp³-hybridized carbons (Fsp3) is 0.150. The van der Waals surface area contributed by atoms with Crippen LogP contribution in [-0.2, 0) is 10.0 Å². The van der Waals surface area contributed by atoms with Crippen molar-refractivity contribution in [3.63, 3.8) is 0 Å². The van der Waals surface area contributed by atoms with E-state index >= 15 is 0 Å². The molecule has 2 N–H and O–H groups in total. The first kappa shape index (κ1) is 19.2. The maximum absolute atomic E-state index is 12.8. The number of anilines is 1. The predicted octanol–water partition coefficient (Wildman–Crippen LogP) is 4.43. The Balaban J connectivity index is 1.93. The summed E-state index contributed by atoms with van der Waals surface area (Å²) in [7, 11) is -3.86. The van der Waals surface area contributed by atoms with Gasteiger partial charge in [0.25, 0.3) is 15.9 Å². The van der Waals surface area contributed by atoms with E-state index in [2.05, 4.69) is 10.0 Å². The minimum atomic E-state index is -3.86. The molecule has 0 saturated carbocycles. The highest BCUT2D eigenvalue weighted by Gasteiger charge is 2.18. The summed E-state index contributed by atoms with van der Waals surface area (Å²) in [6, 6.07) is 16.8. The largest absolute Gasteiger partial charge is 0.350 e. The van der Waals surface area contributed by atoms with Crippen LogP contribution >= 0.6 is 11.6 Å². The first-order valence-corrected chi connectivity index (χ1v) is 10.2. The normalized spacial score (nSPS) is 11.6. The van der Waals surface area contributed by atoms with Gasteiger partial charge >= 0.3 is 0 Å². The number of sulfonamides is 1. The first-order chi connectivity index (χ1) is 12.8. The Hall–Kier alpha value is -2.57. The fourth-order valence-corrected chi connectivity index (χ4v) is 3.95. The van der Waals surface area contributed by atoms with Crippen molar-refractivity contribution in [2.24, 2.45) is 0 Å². The molecule has 3 rings (SSSR count). The highest BCUT2D eigenvalue weighted by molar-refractivity contribution is 7.92. The van der Waals surface area contributed by atoms with Crippen LogP contribution in [0.2, 0.25) is 5.02 Å². The Kier molecular flexibility index (Phi) is 5.39. The molecule has 0 atom stereocenters. The van der Waals surface area contributed by atoms with Gasteiger partial charge in [-0.25, -0.2) is 8.42 Å². The molecular weight excluding hydrogens is 384 g/mol. The Morgan fingerprint density at radius 3 is 2.37 bits per heavy atom. The molecule has 0 spiro atoms. The minimum Gasteiger partial charge on any atom is -0.350 e. The third-order valence-electron chi connectivity index (χ3n) is 3.92. The third-order valence-corrected chi connectivity index (χ3v) is 5.62. The van der Waals surface area contributed by atoms with E-state index in [1.54, 1.807) is 18.2 Å². The average Bonchev–Trinajstić information content (AvgIpc) is 2.62. The van der Waals surface area contributed by atoms with Crippen molar-refractivity contribution in [2.75, 3.05) is 4.72 Å². The second kappa shape index (κ2) is 7.58. The lowest BCUT2D eigenvalue weighted by molar-refractivity contribution is 0.0943. The molecule has 27 heavy (non-hydrogen) atoms. The van der Waals surface area contributed by atoms with E-state index in [4.69, 9.17) is 11.6 Å². The molecule has 0 aliphatic heterocycles. The van der Waals surface area contributed by atoms with Crippen molar-refractivity contribution >= 4 is 44.0 Å². The lowest BCUT2D eigenvalue weighted by Crippen LogP contribution is -2.30. The summed E-state index contributed by atoms with van der Waals surface area (Å²) in [6.45, 7) is 3.69. The summed E-state index contributed by atoms with van der Waals surface area (Å²) in [5.74, 6) is -0.298. The number of nitrogens with one attached hydrogen (secondary N) is 2. The van der Waals surface area contributed by atoms with Gasteiger partial charge < -0.3 is 5.32 Å². The molecule has 0 heterocycles. The maximum Gasteiger partial charge on any atom is 0.261 e. The van der Waals surface area contributed by atoms with E-state index in [1.807, 2.05) is 38.1 Å². The standard InChI is InChI=1S/C20H19ClN2O3S/c1-13(2)22-20(24)16-8-10-18(21)19(12-16)23-27(25,26)17-9-7-14-5-3-4-6-15(14)11-17/h3-13,23H,1-2H3,(H,22,24). The van der Waals surface area contributed by atoms with Crippen LogP contribution in [-0.4, -0.2) is 20.4 Å². The molecule has 0 radical (unpaired) electrons. The number of benzene rings is 3. The van der Waals surface area contributed by atoms with E-state index < -0.39 is 10.0 Å². The second-order valence-corrected chi connectivity index (χ2v) is 8.53. The molecule has 0 unspecified atom stereocenters. The zero-order valence-electron chi connectivity index (χ0n) is 14.9. The monoisotopic (exact) mass is 402 g/mol. The SMILES string of the molecule is CC(C)NC(=O)c1ccc(Cl)c(NS(=O)(=O)c2ccc3ccccc3c2)c1. The molecule has 7 heteroatoms. The van der Waals surface area contributed by atoms with Crippen molar-refractivity contribution in [3.05, 3.63) is 71.2 Å². The van der Waals surface area contributed by atoms with E-state index in [0.717, 1.165) is 10.8 Å². The quantitative estimate of drug-likeness (QED) is 0.662. The van der Waals surface area contributed by atoms with Crippen LogP contribution < -0.4 is 10.0 Å². The molecule has 0 saturated heterocycles. The Bertz CT molecular complexity index is 1110. The molecule has 0 aromatic heterocycles. The third kappa shape index (κ3) is 4.40. The van der Waals surface area contributed by atoms with Gasteiger partial charge in [-0.15, -0.1) is 0 Å². The van der Waals surface area contributed by atoms with Crippen LogP contribution in [0.1, 0.15) is 24.2 Å². The van der Waals surface area contributed by atoms with Gasteiger partial charge in [0.2, 0.25) is 0 Å². The summed E-state index contributed by atoms with van der Waals surface area (Å²) in [5, 5.41) is 4.73. The predicted molar refractivity (Wildman–Crippen MR) is 109 cm³/mol. The number of carbonyl (C=O) groups is 1. The van der Waals surface area contributed by atoms with E-state index in [0.29, 0.717) is 5.56 Å². The van der Waals surface area contributed by atoms with Crippen LogP contribution in [0.3, 0.4) is 0 Å². The zero-order valence-corrected chi connectivity index (χ0v) is 16.4. The van der Waals surface area contributed by atoms with Gasteiger partial charge in [-0.2, -0.15) is 0 Å². The van der Waals surface area contributed by atoms with E-state index in [-0.39, 0.29) is 27.6 Å². The van der Waals surface area contributed by atoms with Crippen LogP contribution in [0, 0.1) is 0 Å². The van der Waals surface area contributed by atoms with Crippen molar-refractivity contribution in [3.8, 4) is 0 Å². The zero-order chi connectivity index (χ0) is 19.6. The molecular formula is C20H19ClN2O3S. The minimum absolute atomic E-state index is 0.0362. The van der Waals surface area contributed by atoms with Gasteiger partial charge in [-0.1, -0.05) is 41.9 Å². The highest BCUT2D eigenvalue weighted by Crippen LogP contribution is 2.27. The van der Waals surface area contributed by atoms with Crippen molar-refractivity contribution in [1.29, 1.82) is 0 Å². The maximum atomic E-state index is 12.8. The van der Waals surface area contributed by atoms with Crippen LogP contribution in [0.5, 0.6) is 0 Å². The lowest BCUT2D eigenvalue weighted by Gasteiger charge is -2.13. The van der Waals surface area contributed by atoms with E-state index in [1.165, 1.54) is 18.2 Å². The topological polar surface area (TPSA) is 75.3 Å². The highest BCUT2D eigenvalue weighted by atomic mass is 35.5. The van der Waals surface area contributed by atoms with Gasteiger partial charge in [0.1, 0.15) is 0 Å². The van der Waals surface area contributed by atoms with Gasteiger partial charge in [-0.3, -0.25) is 9.52 Å². The van der Waals surface area contributed by atoms with E-state index in [9.17, 15) is 13.2 Å². The van der Waals surface area contributed by atoms with Crippen LogP contribution in [0.4, 0.5) is 5.69 Å². The van der Waals surface area contributed by atoms with Gasteiger partial charge in [0.15, 0.2) is 0 Å². The molecule has 0 aliphatic carbocycles. The molecule has 0 aliphatic rings. The van der Waals surface area contributed by atoms with Crippen molar-refractivity contribution in [2.45, 2.75) is 24.8 Å². The summed E-state index contributed by atoms with van der Waals surface area (Å²) >= 11 is 6.14. The summed E-state index contributed by atoms with van der Waals surface area (Å²) in [4.78, 5) is 12.3. The molecule has 140 valence electrons. The fourth-order valence-electron chi connectivity index (χ4n) is 2.63. The lowest BCUT2D eigenvalue weighted by atomic mass is 10.1. The Morgan fingerprint density at radius 2 is 1.67 bits per heavy atom. The van der Waals surface area contributed by atoms with Gasteiger partial charge in [0.05, 0.1) is 15.6 Å². The smallest absolute Gasteiger partial charge is 0.261 e. The van der Waals surface area contributed by atoms with Crippen LogP contribution in [0.15, 0.2) is 65.6 Å². The van der Waals surface area contributed by atoms with Crippen molar-refractivity contribution in [1.82, 2.24) is 5.32 Å². The molecule has 1 amide bonds. The molecule has 3 aromatic rings. The Morgan fingerprint density at radius 1 is 0.963 bits per heavy atom. The number of rotatable bonds is 5. The van der Waals surface area contributed by atoms with Gasteiger partial charge in [0, 0.05) is 11.6 Å². The molecule has 5 nitrogen and oxygen atoms in total. The number of fused-ring (bicyclic) bond motifs is 1. The molecule has 0 bridgehead atoms.